The highest BCUT2D eigenvalue weighted by atomic mass is 19.3. The lowest BCUT2D eigenvalue weighted by Crippen LogP contribution is -2.53. The van der Waals surface area contributed by atoms with Gasteiger partial charge in [-0.15, -0.1) is 0 Å². The summed E-state index contributed by atoms with van der Waals surface area (Å²) in [6, 6.07) is 14.6. The molecule has 0 saturated carbocycles. The fraction of sp³-hybridized carbons (Fsp3) is 0.238. The van der Waals surface area contributed by atoms with Crippen molar-refractivity contribution in [3.63, 3.8) is 0 Å². The fourth-order valence-electron chi connectivity index (χ4n) is 2.64. The molecule has 2 amide bonds. The molecule has 0 saturated heterocycles. The first kappa shape index (κ1) is 22.7. The number of amides is 2. The summed E-state index contributed by atoms with van der Waals surface area (Å²) < 4.78 is 28.9. The number of carbonyl (C=O) groups is 4. The maximum absolute atomic E-state index is 14.5. The minimum absolute atomic E-state index is 0.184. The van der Waals surface area contributed by atoms with Crippen LogP contribution in [0.15, 0.2) is 60.7 Å². The zero-order valence-electron chi connectivity index (χ0n) is 15.8. The molecule has 1 unspecified atom stereocenters. The molecule has 0 radical (unpaired) electrons. The Morgan fingerprint density at radius 2 is 1.50 bits per heavy atom. The van der Waals surface area contributed by atoms with E-state index in [0.717, 1.165) is 0 Å². The Morgan fingerprint density at radius 1 is 0.933 bits per heavy atom. The van der Waals surface area contributed by atoms with Crippen LogP contribution in [0.2, 0.25) is 0 Å². The van der Waals surface area contributed by atoms with E-state index in [1.165, 1.54) is 12.1 Å². The van der Waals surface area contributed by atoms with Crippen LogP contribution in [0, 0.1) is 0 Å². The molecule has 2 aromatic carbocycles. The van der Waals surface area contributed by atoms with Gasteiger partial charge in [0.15, 0.2) is 0 Å². The quantitative estimate of drug-likeness (QED) is 0.510. The second-order valence-electron chi connectivity index (χ2n) is 6.50. The van der Waals surface area contributed by atoms with Crippen molar-refractivity contribution in [3.8, 4) is 0 Å². The second kappa shape index (κ2) is 10.2. The molecule has 0 aliphatic heterocycles. The van der Waals surface area contributed by atoms with Crippen LogP contribution in [-0.2, 0) is 20.8 Å². The van der Waals surface area contributed by atoms with Gasteiger partial charge in [-0.25, -0.2) is 0 Å². The normalized spacial score (nSPS) is 11.9. The average Bonchev–Trinajstić information content (AvgIpc) is 2.72. The summed E-state index contributed by atoms with van der Waals surface area (Å²) in [5, 5.41) is 12.6. The highest BCUT2D eigenvalue weighted by Gasteiger charge is 2.43. The predicted octanol–water partition coefficient (Wildman–Crippen LogP) is 1.82. The Balaban J connectivity index is 2.17. The van der Waals surface area contributed by atoms with Crippen molar-refractivity contribution in [1.29, 1.82) is 0 Å². The van der Waals surface area contributed by atoms with Gasteiger partial charge in [0.1, 0.15) is 6.42 Å². The summed E-state index contributed by atoms with van der Waals surface area (Å²) in [5.74, 6) is -8.94. The largest absolute Gasteiger partial charge is 0.481 e. The van der Waals surface area contributed by atoms with Crippen LogP contribution in [0.3, 0.4) is 0 Å². The molecule has 158 valence electrons. The minimum atomic E-state index is -4.02. The van der Waals surface area contributed by atoms with Gasteiger partial charge in [-0.05, 0) is 24.1 Å². The summed E-state index contributed by atoms with van der Waals surface area (Å²) in [7, 11) is 0. The number of Topliss-reactive ketones (excluding diaryl/α,β-unsaturated/α-hetero) is 1. The molecule has 0 aliphatic rings. The third-order valence-corrected chi connectivity index (χ3v) is 4.12. The molecule has 0 heterocycles. The summed E-state index contributed by atoms with van der Waals surface area (Å²) in [5.41, 5.74) is 0.747. The zero-order chi connectivity index (χ0) is 22.1. The molecule has 0 aromatic heterocycles. The van der Waals surface area contributed by atoms with E-state index in [0.29, 0.717) is 5.56 Å². The van der Waals surface area contributed by atoms with Gasteiger partial charge in [0, 0.05) is 5.56 Å². The number of alkyl halides is 2. The van der Waals surface area contributed by atoms with E-state index in [9.17, 15) is 28.0 Å². The molecule has 7 nitrogen and oxygen atoms in total. The number of ketones is 1. The van der Waals surface area contributed by atoms with Crippen LogP contribution in [0.5, 0.6) is 0 Å². The number of rotatable bonds is 10. The SMILES string of the molecule is O=C(O)CC(=O)NCC(F)(F)C(=O)C(Cc1ccccc1)NC(=O)c1ccccc1. The Morgan fingerprint density at radius 3 is 2.07 bits per heavy atom. The van der Waals surface area contributed by atoms with Gasteiger partial charge >= 0.3 is 11.9 Å². The van der Waals surface area contributed by atoms with Gasteiger partial charge < -0.3 is 15.7 Å². The second-order valence-corrected chi connectivity index (χ2v) is 6.50. The van der Waals surface area contributed by atoms with Crippen molar-refractivity contribution in [1.82, 2.24) is 10.6 Å². The van der Waals surface area contributed by atoms with Gasteiger partial charge in [-0.1, -0.05) is 48.5 Å². The minimum Gasteiger partial charge on any atom is -0.481 e. The van der Waals surface area contributed by atoms with Gasteiger partial charge in [0.05, 0.1) is 12.6 Å². The molecule has 3 N–H and O–H groups in total. The van der Waals surface area contributed by atoms with Crippen LogP contribution < -0.4 is 10.6 Å². The standard InChI is InChI=1S/C21H20F2N2O5/c22-21(23,13-24-17(26)12-18(27)28)19(29)16(11-14-7-3-1-4-8-14)25-20(30)15-9-5-2-6-10-15/h1-10,16H,11-13H2,(H,24,26)(H,25,30)(H,27,28). The van der Waals surface area contributed by atoms with E-state index in [4.69, 9.17) is 5.11 Å². The Bertz CT molecular complexity index is 904. The van der Waals surface area contributed by atoms with Crippen molar-refractivity contribution in [2.24, 2.45) is 0 Å². The third-order valence-electron chi connectivity index (χ3n) is 4.12. The maximum Gasteiger partial charge on any atom is 0.324 e. The van der Waals surface area contributed by atoms with E-state index < -0.39 is 48.5 Å². The highest BCUT2D eigenvalue weighted by molar-refractivity contribution is 6.00. The molecule has 2 rings (SSSR count). The first-order valence-corrected chi connectivity index (χ1v) is 8.99. The van der Waals surface area contributed by atoms with E-state index in [2.05, 4.69) is 5.32 Å². The van der Waals surface area contributed by atoms with E-state index >= 15 is 0 Å². The van der Waals surface area contributed by atoms with Crippen LogP contribution >= 0.6 is 0 Å². The molecule has 2 aromatic rings. The van der Waals surface area contributed by atoms with Gasteiger partial charge in [0.25, 0.3) is 5.91 Å². The summed E-state index contributed by atoms with van der Waals surface area (Å²) in [6.07, 6.45) is -1.18. The molecule has 0 fully saturated rings. The molecule has 0 spiro atoms. The average molecular weight is 418 g/mol. The lowest BCUT2D eigenvalue weighted by molar-refractivity contribution is -0.146. The van der Waals surface area contributed by atoms with Crippen LogP contribution in [0.4, 0.5) is 8.78 Å². The van der Waals surface area contributed by atoms with Crippen molar-refractivity contribution >= 4 is 23.6 Å². The smallest absolute Gasteiger partial charge is 0.324 e. The number of nitrogens with one attached hydrogen (secondary N) is 2. The first-order chi connectivity index (χ1) is 14.2. The van der Waals surface area contributed by atoms with E-state index in [1.54, 1.807) is 53.8 Å². The first-order valence-electron chi connectivity index (χ1n) is 8.99. The van der Waals surface area contributed by atoms with Crippen LogP contribution in [0.1, 0.15) is 22.3 Å². The molecule has 1 atom stereocenters. The third kappa shape index (κ3) is 6.77. The maximum atomic E-state index is 14.5. The molecular weight excluding hydrogens is 398 g/mol. The van der Waals surface area contributed by atoms with Crippen LogP contribution in [-0.4, -0.2) is 47.2 Å². The van der Waals surface area contributed by atoms with Crippen molar-refractivity contribution in [3.05, 3.63) is 71.8 Å². The number of carbonyl (C=O) groups excluding carboxylic acids is 3. The number of hydrogen-bond donors (Lipinski definition) is 3. The zero-order valence-corrected chi connectivity index (χ0v) is 15.8. The molecular formula is C21H20F2N2O5. The molecule has 0 bridgehead atoms. The van der Waals surface area contributed by atoms with Crippen molar-refractivity contribution in [2.45, 2.75) is 24.8 Å². The van der Waals surface area contributed by atoms with Gasteiger partial charge in [0.2, 0.25) is 11.7 Å². The fourth-order valence-corrected chi connectivity index (χ4v) is 2.64. The summed E-state index contributed by atoms with van der Waals surface area (Å²) in [4.78, 5) is 46.8. The number of carboxylic acid groups (broad SMARTS) is 1. The number of hydrogen-bond acceptors (Lipinski definition) is 4. The number of carboxylic acids is 1. The Labute approximate surface area is 171 Å². The highest BCUT2D eigenvalue weighted by Crippen LogP contribution is 2.19. The number of benzene rings is 2. The van der Waals surface area contributed by atoms with Gasteiger partial charge in [-0.3, -0.25) is 19.2 Å². The molecule has 9 heteroatoms. The monoisotopic (exact) mass is 418 g/mol. The van der Waals surface area contributed by atoms with Crippen molar-refractivity contribution in [2.75, 3.05) is 6.54 Å². The predicted molar refractivity (Wildman–Crippen MR) is 103 cm³/mol. The van der Waals surface area contributed by atoms with E-state index in [1.807, 2.05) is 0 Å². The van der Waals surface area contributed by atoms with E-state index in [-0.39, 0.29) is 12.0 Å². The topological polar surface area (TPSA) is 113 Å². The summed E-state index contributed by atoms with van der Waals surface area (Å²) >= 11 is 0. The number of aliphatic carboxylic acids is 1. The molecule has 30 heavy (non-hydrogen) atoms. The lowest BCUT2D eigenvalue weighted by Gasteiger charge is -2.23. The summed E-state index contributed by atoms with van der Waals surface area (Å²) in [6.45, 7) is -1.37. The number of halogens is 2. The van der Waals surface area contributed by atoms with Crippen molar-refractivity contribution < 1.29 is 33.1 Å². The molecule has 0 aliphatic carbocycles. The Hall–Kier alpha value is -3.62. The Kier molecular flexibility index (Phi) is 7.74. The lowest BCUT2D eigenvalue weighted by atomic mass is 9.98. The van der Waals surface area contributed by atoms with Gasteiger partial charge in [-0.2, -0.15) is 8.78 Å². The van der Waals surface area contributed by atoms with Crippen LogP contribution in [0.25, 0.3) is 0 Å².